The predicted octanol–water partition coefficient (Wildman–Crippen LogP) is 4.06. The molecule has 21 heavy (non-hydrogen) atoms. The van der Waals surface area contributed by atoms with E-state index in [2.05, 4.69) is 21.2 Å². The lowest BCUT2D eigenvalue weighted by molar-refractivity contribution is -0.119. The van der Waals surface area contributed by atoms with Gasteiger partial charge in [0.05, 0.1) is 0 Å². The van der Waals surface area contributed by atoms with E-state index in [9.17, 15) is 4.79 Å². The Morgan fingerprint density at radius 3 is 2.52 bits per heavy atom. The maximum absolute atomic E-state index is 12.3. The zero-order chi connectivity index (χ0) is 14.9. The molecule has 0 bridgehead atoms. The summed E-state index contributed by atoms with van der Waals surface area (Å²) in [4.78, 5) is 12.3. The second-order valence-electron chi connectivity index (χ2n) is 5.92. The molecule has 4 heteroatoms. The highest BCUT2D eigenvalue weighted by Gasteiger charge is 2.37. The quantitative estimate of drug-likeness (QED) is 0.876. The second-order valence-corrected chi connectivity index (χ2v) is 6.78. The van der Waals surface area contributed by atoms with Crippen molar-refractivity contribution in [3.63, 3.8) is 0 Å². The van der Waals surface area contributed by atoms with Gasteiger partial charge in [0.1, 0.15) is 0 Å². The van der Waals surface area contributed by atoms with Gasteiger partial charge in [0.15, 0.2) is 0 Å². The molecule has 110 valence electrons. The minimum atomic E-state index is 0.0370. The molecule has 0 heterocycles. The van der Waals surface area contributed by atoms with Crippen LogP contribution >= 0.6 is 15.9 Å². The van der Waals surface area contributed by atoms with Crippen LogP contribution in [0.1, 0.15) is 25.7 Å². The molecule has 1 amide bonds. The summed E-state index contributed by atoms with van der Waals surface area (Å²) < 4.78 is 1.04. The summed E-state index contributed by atoms with van der Waals surface area (Å²) in [5, 5.41) is 5.21. The molecule has 3 N–H and O–H groups in total. The zero-order valence-corrected chi connectivity index (χ0v) is 13.4. The van der Waals surface area contributed by atoms with Gasteiger partial charge < -0.3 is 11.1 Å². The van der Waals surface area contributed by atoms with Crippen molar-refractivity contribution < 1.29 is 4.79 Å². The van der Waals surface area contributed by atoms with E-state index in [-0.39, 0.29) is 11.3 Å². The summed E-state index contributed by atoms with van der Waals surface area (Å²) >= 11 is 3.55. The van der Waals surface area contributed by atoms with Gasteiger partial charge in [0.2, 0.25) is 5.91 Å². The summed E-state index contributed by atoms with van der Waals surface area (Å²) in [7, 11) is 0. The molecule has 1 saturated carbocycles. The molecule has 0 spiro atoms. The maximum atomic E-state index is 12.3. The van der Waals surface area contributed by atoms with Crippen molar-refractivity contribution in [3.8, 4) is 0 Å². The van der Waals surface area contributed by atoms with Crippen molar-refractivity contribution in [2.24, 2.45) is 11.1 Å². The first kappa shape index (κ1) is 14.5. The molecule has 0 saturated heterocycles. The molecule has 0 unspecified atom stereocenters. The Hall–Kier alpha value is -1.39. The standard InChI is InChI=1S/C17H19BrN2O/c18-14-6-7-15(13-5-2-1-4-12(13)14)20-16(21)10-17(11-19)8-3-9-17/h1-2,4-7H,3,8-11,19H2,(H,20,21). The molecular formula is C17H19BrN2O. The highest BCUT2D eigenvalue weighted by Crippen LogP contribution is 2.43. The third kappa shape index (κ3) is 2.83. The van der Waals surface area contributed by atoms with Crippen LogP contribution in [-0.4, -0.2) is 12.5 Å². The number of benzene rings is 2. The van der Waals surface area contributed by atoms with Crippen molar-refractivity contribution in [1.82, 2.24) is 0 Å². The summed E-state index contributed by atoms with van der Waals surface area (Å²) in [6.07, 6.45) is 3.84. The smallest absolute Gasteiger partial charge is 0.224 e. The second kappa shape index (κ2) is 5.78. The number of hydrogen-bond donors (Lipinski definition) is 2. The van der Waals surface area contributed by atoms with E-state index >= 15 is 0 Å². The van der Waals surface area contributed by atoms with Crippen LogP contribution in [0, 0.1) is 5.41 Å². The Morgan fingerprint density at radius 1 is 1.19 bits per heavy atom. The van der Waals surface area contributed by atoms with Crippen LogP contribution in [0.25, 0.3) is 10.8 Å². The fraction of sp³-hybridized carbons (Fsp3) is 0.353. The van der Waals surface area contributed by atoms with Gasteiger partial charge in [0.25, 0.3) is 0 Å². The van der Waals surface area contributed by atoms with Gasteiger partial charge in [-0.2, -0.15) is 0 Å². The Kier molecular flexibility index (Phi) is 4.00. The van der Waals surface area contributed by atoms with E-state index in [1.807, 2.05) is 36.4 Å². The highest BCUT2D eigenvalue weighted by atomic mass is 79.9. The maximum Gasteiger partial charge on any atom is 0.224 e. The lowest BCUT2D eigenvalue weighted by Crippen LogP contribution is -2.40. The fourth-order valence-electron chi connectivity index (χ4n) is 3.04. The molecule has 1 fully saturated rings. The van der Waals surface area contributed by atoms with Crippen molar-refractivity contribution in [1.29, 1.82) is 0 Å². The number of nitrogens with one attached hydrogen (secondary N) is 1. The average molecular weight is 347 g/mol. The van der Waals surface area contributed by atoms with Gasteiger partial charge in [-0.15, -0.1) is 0 Å². The van der Waals surface area contributed by atoms with Crippen molar-refractivity contribution in [3.05, 3.63) is 40.9 Å². The Balaban J connectivity index is 1.82. The van der Waals surface area contributed by atoms with Gasteiger partial charge in [-0.3, -0.25) is 4.79 Å². The van der Waals surface area contributed by atoms with Gasteiger partial charge in [-0.05, 0) is 42.3 Å². The zero-order valence-electron chi connectivity index (χ0n) is 11.9. The molecule has 3 rings (SSSR count). The van der Waals surface area contributed by atoms with Crippen molar-refractivity contribution in [2.75, 3.05) is 11.9 Å². The lowest BCUT2D eigenvalue weighted by Gasteiger charge is -2.40. The van der Waals surface area contributed by atoms with Crippen molar-refractivity contribution in [2.45, 2.75) is 25.7 Å². The number of amides is 1. The summed E-state index contributed by atoms with van der Waals surface area (Å²) in [6.45, 7) is 0.599. The molecular weight excluding hydrogens is 328 g/mol. The van der Waals surface area contributed by atoms with E-state index in [1.54, 1.807) is 0 Å². The first-order chi connectivity index (χ1) is 10.1. The summed E-state index contributed by atoms with van der Waals surface area (Å²) in [5.41, 5.74) is 6.74. The number of hydrogen-bond acceptors (Lipinski definition) is 2. The minimum Gasteiger partial charge on any atom is -0.330 e. The third-order valence-corrected chi connectivity index (χ3v) is 5.22. The summed E-state index contributed by atoms with van der Waals surface area (Å²) in [5.74, 6) is 0.0626. The highest BCUT2D eigenvalue weighted by molar-refractivity contribution is 9.10. The average Bonchev–Trinajstić information content (AvgIpc) is 2.46. The molecule has 0 aliphatic heterocycles. The topological polar surface area (TPSA) is 55.1 Å². The number of halogens is 1. The SMILES string of the molecule is NCC1(CC(=O)Nc2ccc(Br)c3ccccc23)CCC1. The molecule has 0 atom stereocenters. The summed E-state index contributed by atoms with van der Waals surface area (Å²) in [6, 6.07) is 12.0. The molecule has 1 aliphatic carbocycles. The van der Waals surface area contributed by atoms with E-state index in [4.69, 9.17) is 5.73 Å². The van der Waals surface area contributed by atoms with E-state index < -0.39 is 0 Å². The lowest BCUT2D eigenvalue weighted by atomic mass is 9.66. The van der Waals surface area contributed by atoms with E-state index in [0.29, 0.717) is 13.0 Å². The number of rotatable bonds is 4. The predicted molar refractivity (Wildman–Crippen MR) is 90.2 cm³/mol. The van der Waals surface area contributed by atoms with Gasteiger partial charge in [0, 0.05) is 22.0 Å². The van der Waals surface area contributed by atoms with Crippen LogP contribution in [-0.2, 0) is 4.79 Å². The minimum absolute atomic E-state index is 0.0370. The first-order valence-corrected chi connectivity index (χ1v) is 8.10. The van der Waals surface area contributed by atoms with Crippen LogP contribution in [0.4, 0.5) is 5.69 Å². The molecule has 2 aromatic carbocycles. The molecule has 0 aromatic heterocycles. The molecule has 2 aromatic rings. The van der Waals surface area contributed by atoms with Crippen LogP contribution in [0.2, 0.25) is 0 Å². The molecule has 1 aliphatic rings. The number of nitrogens with two attached hydrogens (primary N) is 1. The Bertz CT molecular complexity index is 674. The Morgan fingerprint density at radius 2 is 1.90 bits per heavy atom. The normalized spacial score (nSPS) is 16.5. The number of fused-ring (bicyclic) bond motifs is 1. The number of carbonyl (C=O) groups is 1. The number of anilines is 1. The molecule has 0 radical (unpaired) electrons. The van der Waals surface area contributed by atoms with Crippen molar-refractivity contribution >= 4 is 38.3 Å². The van der Waals surface area contributed by atoms with Crippen LogP contribution in [0.5, 0.6) is 0 Å². The van der Waals surface area contributed by atoms with Crippen LogP contribution < -0.4 is 11.1 Å². The first-order valence-electron chi connectivity index (χ1n) is 7.31. The third-order valence-electron chi connectivity index (χ3n) is 4.53. The van der Waals surface area contributed by atoms with Crippen LogP contribution in [0.3, 0.4) is 0 Å². The van der Waals surface area contributed by atoms with Gasteiger partial charge in [-0.25, -0.2) is 0 Å². The van der Waals surface area contributed by atoms with E-state index in [1.165, 1.54) is 6.42 Å². The van der Waals surface area contributed by atoms with E-state index in [0.717, 1.165) is 33.8 Å². The van der Waals surface area contributed by atoms with Crippen LogP contribution in [0.15, 0.2) is 40.9 Å². The number of carbonyl (C=O) groups excluding carboxylic acids is 1. The Labute approximate surface area is 133 Å². The molecule has 3 nitrogen and oxygen atoms in total. The van der Waals surface area contributed by atoms with Gasteiger partial charge in [-0.1, -0.05) is 46.6 Å². The largest absolute Gasteiger partial charge is 0.330 e. The monoisotopic (exact) mass is 346 g/mol. The fourth-order valence-corrected chi connectivity index (χ4v) is 3.51. The van der Waals surface area contributed by atoms with Gasteiger partial charge >= 0.3 is 0 Å².